The molecule has 3 N–H and O–H groups in total. The van der Waals surface area contributed by atoms with E-state index in [-0.39, 0.29) is 37.3 Å². The molecule has 38 heavy (non-hydrogen) atoms. The first-order valence-electron chi connectivity index (χ1n) is 11.5. The number of aryl methyl sites for hydroxylation is 1. The number of imidazole rings is 1. The van der Waals surface area contributed by atoms with Crippen LogP contribution in [0.2, 0.25) is 0 Å². The Kier molecular flexibility index (Phi) is 7.61. The number of rotatable bonds is 9. The zero-order chi connectivity index (χ0) is 27.5. The van der Waals surface area contributed by atoms with Crippen molar-refractivity contribution in [1.82, 2.24) is 20.3 Å². The van der Waals surface area contributed by atoms with Gasteiger partial charge < -0.3 is 15.3 Å². The molecule has 0 unspecified atom stereocenters. The fraction of sp³-hybridized carbons (Fsp3) is 0.269. The number of amides is 1. The van der Waals surface area contributed by atoms with Gasteiger partial charge in [0.15, 0.2) is 5.78 Å². The van der Waals surface area contributed by atoms with Crippen LogP contribution < -0.4 is 5.32 Å². The van der Waals surface area contributed by atoms with Gasteiger partial charge in [0.1, 0.15) is 0 Å². The number of benzene rings is 2. The highest BCUT2D eigenvalue weighted by Crippen LogP contribution is 2.36. The van der Waals surface area contributed by atoms with Crippen molar-refractivity contribution in [3.8, 4) is 0 Å². The van der Waals surface area contributed by atoms with E-state index in [9.17, 15) is 35.9 Å². The summed E-state index contributed by atoms with van der Waals surface area (Å²) in [6, 6.07) is 7.48. The van der Waals surface area contributed by atoms with E-state index in [1.165, 1.54) is 12.5 Å². The monoisotopic (exact) mass is 536 g/mol. The number of aromatic amines is 2. The number of Topliss-reactive ketones (excluding diaryl/α,β-unsaturated/α-hetero) is 1. The van der Waals surface area contributed by atoms with Crippen molar-refractivity contribution in [2.24, 2.45) is 0 Å². The van der Waals surface area contributed by atoms with Crippen molar-refractivity contribution < 1.29 is 35.9 Å². The number of H-pyrrole nitrogens is 2. The SMILES string of the molecule is O=C(Cc1cnc[nH]1)N[C@@H](Cc1c[nH]c2ccccc12)C(=O)CCc1cc(C(F)(F)F)cc(C(F)(F)F)c1. The van der Waals surface area contributed by atoms with Gasteiger partial charge >= 0.3 is 12.4 Å². The smallest absolute Gasteiger partial charge is 0.361 e. The van der Waals surface area contributed by atoms with Crippen molar-refractivity contribution >= 4 is 22.6 Å². The first-order valence-corrected chi connectivity index (χ1v) is 11.5. The molecule has 2 aromatic heterocycles. The molecule has 200 valence electrons. The number of carbonyl (C=O) groups is 2. The van der Waals surface area contributed by atoms with Gasteiger partial charge in [-0.1, -0.05) is 18.2 Å². The molecule has 2 heterocycles. The molecule has 0 radical (unpaired) electrons. The molecular formula is C26H22F6N4O2. The van der Waals surface area contributed by atoms with E-state index < -0.39 is 41.2 Å². The zero-order valence-corrected chi connectivity index (χ0v) is 19.7. The molecule has 12 heteroatoms. The van der Waals surface area contributed by atoms with Crippen LogP contribution in [0, 0.1) is 0 Å². The van der Waals surface area contributed by atoms with Gasteiger partial charge in [-0.15, -0.1) is 0 Å². The number of para-hydroxylation sites is 1. The van der Waals surface area contributed by atoms with Crippen LogP contribution in [0.25, 0.3) is 10.9 Å². The number of hydrogen-bond acceptors (Lipinski definition) is 3. The van der Waals surface area contributed by atoms with Crippen LogP contribution >= 0.6 is 0 Å². The minimum Gasteiger partial charge on any atom is -0.361 e. The predicted octanol–water partition coefficient (Wildman–Crippen LogP) is 5.40. The van der Waals surface area contributed by atoms with E-state index in [0.29, 0.717) is 17.8 Å². The summed E-state index contributed by atoms with van der Waals surface area (Å²) in [6.07, 6.45) is -6.22. The van der Waals surface area contributed by atoms with Gasteiger partial charge in [0, 0.05) is 41.8 Å². The van der Waals surface area contributed by atoms with Gasteiger partial charge in [0.25, 0.3) is 0 Å². The Hall–Kier alpha value is -4.09. The minimum absolute atomic E-state index is 0.0425. The Balaban J connectivity index is 1.55. The second kappa shape index (κ2) is 10.7. The molecule has 0 bridgehead atoms. The van der Waals surface area contributed by atoms with E-state index >= 15 is 0 Å². The number of carbonyl (C=O) groups excluding carboxylic acids is 2. The average Bonchev–Trinajstić information content (AvgIpc) is 3.51. The standard InChI is InChI=1S/C26H22F6N4O2/c27-25(28,29)17-7-15(8-18(10-17)26(30,31)32)5-6-23(37)22(36-24(38)11-19-13-33-14-35-19)9-16-12-34-21-4-2-1-3-20(16)21/h1-4,7-8,10,12-14,22,34H,5-6,9,11H2,(H,33,35)(H,36,38)/t22-/m0/s1. The van der Waals surface area contributed by atoms with Crippen molar-refractivity contribution in [3.05, 3.63) is 89.1 Å². The highest BCUT2D eigenvalue weighted by atomic mass is 19.4. The molecule has 0 spiro atoms. The first-order chi connectivity index (χ1) is 17.9. The maximum absolute atomic E-state index is 13.2. The molecule has 0 fully saturated rings. The molecular weight excluding hydrogens is 514 g/mol. The molecule has 0 saturated carbocycles. The Bertz CT molecular complexity index is 1390. The lowest BCUT2D eigenvalue weighted by Crippen LogP contribution is -2.43. The summed E-state index contributed by atoms with van der Waals surface area (Å²) >= 11 is 0. The summed E-state index contributed by atoms with van der Waals surface area (Å²) < 4.78 is 79.3. The first kappa shape index (κ1) is 27.0. The molecule has 0 aliphatic carbocycles. The lowest BCUT2D eigenvalue weighted by atomic mass is 9.95. The lowest BCUT2D eigenvalue weighted by molar-refractivity contribution is -0.143. The summed E-state index contributed by atoms with van der Waals surface area (Å²) in [5, 5.41) is 3.48. The fourth-order valence-corrected chi connectivity index (χ4v) is 4.17. The zero-order valence-electron chi connectivity index (χ0n) is 19.7. The average molecular weight is 536 g/mol. The Labute approximate surface area is 212 Å². The molecule has 1 atom stereocenters. The predicted molar refractivity (Wildman–Crippen MR) is 126 cm³/mol. The fourth-order valence-electron chi connectivity index (χ4n) is 4.17. The Morgan fingerprint density at radius 2 is 1.63 bits per heavy atom. The van der Waals surface area contributed by atoms with Gasteiger partial charge in [-0.2, -0.15) is 26.3 Å². The van der Waals surface area contributed by atoms with E-state index in [0.717, 1.165) is 16.5 Å². The van der Waals surface area contributed by atoms with E-state index in [4.69, 9.17) is 0 Å². The largest absolute Gasteiger partial charge is 0.416 e. The van der Waals surface area contributed by atoms with Crippen LogP contribution in [-0.2, 0) is 41.2 Å². The summed E-state index contributed by atoms with van der Waals surface area (Å²) in [6.45, 7) is 0. The number of nitrogens with one attached hydrogen (secondary N) is 3. The quantitative estimate of drug-likeness (QED) is 0.250. The molecule has 0 saturated heterocycles. The van der Waals surface area contributed by atoms with E-state index in [2.05, 4.69) is 20.3 Å². The molecule has 4 aromatic rings. The highest BCUT2D eigenvalue weighted by molar-refractivity contribution is 5.91. The summed E-state index contributed by atoms with van der Waals surface area (Å²) in [4.78, 5) is 35.5. The summed E-state index contributed by atoms with van der Waals surface area (Å²) in [5.74, 6) is -1.02. The minimum atomic E-state index is -4.99. The topological polar surface area (TPSA) is 90.6 Å². The van der Waals surface area contributed by atoms with Crippen LogP contribution in [0.15, 0.2) is 61.2 Å². The highest BCUT2D eigenvalue weighted by Gasteiger charge is 2.37. The molecule has 0 aliphatic rings. The third-order valence-corrected chi connectivity index (χ3v) is 6.04. The maximum atomic E-state index is 13.2. The number of ketones is 1. The number of alkyl halides is 6. The number of aromatic nitrogens is 3. The Morgan fingerprint density at radius 3 is 2.26 bits per heavy atom. The molecule has 1 amide bonds. The molecule has 0 aliphatic heterocycles. The number of fused-ring (bicyclic) bond motifs is 1. The number of nitrogens with zero attached hydrogens (tertiary/aromatic N) is 1. The lowest BCUT2D eigenvalue weighted by Gasteiger charge is -2.18. The second-order valence-corrected chi connectivity index (χ2v) is 8.82. The molecule has 6 nitrogen and oxygen atoms in total. The number of hydrogen-bond donors (Lipinski definition) is 3. The van der Waals surface area contributed by atoms with E-state index in [1.54, 1.807) is 12.3 Å². The Morgan fingerprint density at radius 1 is 0.947 bits per heavy atom. The van der Waals surface area contributed by atoms with Crippen molar-refractivity contribution in [1.29, 1.82) is 0 Å². The van der Waals surface area contributed by atoms with Crippen LogP contribution in [0.4, 0.5) is 26.3 Å². The van der Waals surface area contributed by atoms with Crippen molar-refractivity contribution in [2.45, 2.75) is 44.1 Å². The van der Waals surface area contributed by atoms with Crippen LogP contribution in [0.3, 0.4) is 0 Å². The van der Waals surface area contributed by atoms with Gasteiger partial charge in [-0.25, -0.2) is 4.98 Å². The van der Waals surface area contributed by atoms with Crippen LogP contribution in [0.5, 0.6) is 0 Å². The summed E-state index contributed by atoms with van der Waals surface area (Å²) in [7, 11) is 0. The van der Waals surface area contributed by atoms with Gasteiger partial charge in [0.2, 0.25) is 5.91 Å². The van der Waals surface area contributed by atoms with Crippen LogP contribution in [-0.4, -0.2) is 32.7 Å². The normalized spacial score (nSPS) is 13.0. The maximum Gasteiger partial charge on any atom is 0.416 e. The van der Waals surface area contributed by atoms with Gasteiger partial charge in [-0.05, 0) is 41.8 Å². The van der Waals surface area contributed by atoms with Gasteiger partial charge in [0.05, 0.1) is 29.9 Å². The molecule has 2 aromatic carbocycles. The van der Waals surface area contributed by atoms with Gasteiger partial charge in [-0.3, -0.25) is 9.59 Å². The van der Waals surface area contributed by atoms with Crippen molar-refractivity contribution in [2.75, 3.05) is 0 Å². The molecule has 4 rings (SSSR count). The second-order valence-electron chi connectivity index (χ2n) is 8.82. The van der Waals surface area contributed by atoms with E-state index in [1.807, 2.05) is 18.2 Å². The van der Waals surface area contributed by atoms with Crippen molar-refractivity contribution in [3.63, 3.8) is 0 Å². The number of halogens is 6. The van der Waals surface area contributed by atoms with Crippen LogP contribution in [0.1, 0.15) is 34.4 Å². The summed E-state index contributed by atoms with van der Waals surface area (Å²) in [5.41, 5.74) is -1.14. The third-order valence-electron chi connectivity index (χ3n) is 6.04. The third kappa shape index (κ3) is 6.61.